The van der Waals surface area contributed by atoms with Crippen molar-refractivity contribution in [3.8, 4) is 28.2 Å². The Bertz CT molecular complexity index is 1780. The largest absolute Gasteiger partial charge is 0.309 e. The van der Waals surface area contributed by atoms with Crippen molar-refractivity contribution in [1.29, 1.82) is 0 Å². The van der Waals surface area contributed by atoms with Gasteiger partial charge in [0, 0.05) is 17.5 Å². The van der Waals surface area contributed by atoms with Gasteiger partial charge in [0.2, 0.25) is 5.91 Å². The summed E-state index contributed by atoms with van der Waals surface area (Å²) in [5.74, 6) is -2.91. The second-order valence-electron chi connectivity index (χ2n) is 9.72. The molecule has 0 saturated carbocycles. The Morgan fingerprint density at radius 3 is 1.81 bits per heavy atom. The van der Waals surface area contributed by atoms with Gasteiger partial charge in [0.25, 0.3) is 11.8 Å². The van der Waals surface area contributed by atoms with Crippen LogP contribution in [0.25, 0.3) is 28.2 Å². The van der Waals surface area contributed by atoms with E-state index in [1.54, 1.807) is 36.4 Å². The van der Waals surface area contributed by atoms with Gasteiger partial charge < -0.3 is 9.88 Å². The number of benzene rings is 4. The highest BCUT2D eigenvalue weighted by atomic mass is 32.1. The van der Waals surface area contributed by atoms with Crippen LogP contribution in [0.15, 0.2) is 132 Å². The van der Waals surface area contributed by atoms with Crippen molar-refractivity contribution in [2.45, 2.75) is 0 Å². The summed E-state index contributed by atoms with van der Waals surface area (Å²) in [6, 6.07) is 40.3. The molecule has 0 bridgehead atoms. The lowest BCUT2D eigenvalue weighted by molar-refractivity contribution is -0.130. The van der Waals surface area contributed by atoms with Gasteiger partial charge in [-0.25, -0.2) is 5.43 Å². The summed E-state index contributed by atoms with van der Waals surface area (Å²) in [6.07, 6.45) is 1.11. The lowest BCUT2D eigenvalue weighted by Crippen LogP contribution is -2.58. The maximum absolute atomic E-state index is 13.1. The van der Waals surface area contributed by atoms with E-state index in [0.717, 1.165) is 34.4 Å². The lowest BCUT2D eigenvalue weighted by Gasteiger charge is -2.30. The Kier molecular flexibility index (Phi) is 7.71. The molecule has 6 rings (SSSR count). The van der Waals surface area contributed by atoms with Gasteiger partial charge in [0.15, 0.2) is 11.0 Å². The number of carbonyl (C=O) groups is 3. The van der Waals surface area contributed by atoms with E-state index in [1.807, 2.05) is 54.6 Å². The number of nitrogens with one attached hydrogen (secondary N) is 2. The summed E-state index contributed by atoms with van der Waals surface area (Å²) in [4.78, 5) is 39.7. The first kappa shape index (κ1) is 27.5. The molecule has 2 N–H and O–H groups in total. The molecule has 9 heteroatoms. The molecule has 43 heavy (non-hydrogen) atoms. The van der Waals surface area contributed by atoms with Crippen LogP contribution in [0.2, 0.25) is 0 Å². The van der Waals surface area contributed by atoms with Gasteiger partial charge in [0.1, 0.15) is 0 Å². The van der Waals surface area contributed by atoms with Crippen LogP contribution < -0.4 is 15.6 Å². The summed E-state index contributed by atoms with van der Waals surface area (Å²) in [5, 5.41) is 6.43. The first-order valence-corrected chi connectivity index (χ1v) is 13.9. The average molecular weight is 584 g/mol. The molecule has 3 amide bonds. The molecule has 2 heterocycles. The van der Waals surface area contributed by atoms with Crippen LogP contribution in [0, 0.1) is 5.92 Å². The first-order valence-electron chi connectivity index (χ1n) is 13.5. The van der Waals surface area contributed by atoms with Gasteiger partial charge in [-0.2, -0.15) is 5.10 Å². The van der Waals surface area contributed by atoms with Crippen molar-refractivity contribution >= 4 is 47.0 Å². The molecule has 1 aliphatic heterocycles. The zero-order valence-corrected chi connectivity index (χ0v) is 23.6. The van der Waals surface area contributed by atoms with Crippen LogP contribution in [0.3, 0.4) is 0 Å². The van der Waals surface area contributed by atoms with E-state index >= 15 is 0 Å². The van der Waals surface area contributed by atoms with E-state index in [2.05, 4.69) is 56.8 Å². The molecule has 1 aromatic heterocycles. The summed E-state index contributed by atoms with van der Waals surface area (Å²) >= 11 is 5.20. The van der Waals surface area contributed by atoms with Crippen LogP contribution in [0.1, 0.15) is 10.4 Å². The number of carbonyl (C=O) groups excluding carboxylic acids is 3. The van der Waals surface area contributed by atoms with Crippen LogP contribution in [0.5, 0.6) is 0 Å². The molecule has 0 unspecified atom stereocenters. The van der Waals surface area contributed by atoms with Crippen LogP contribution in [-0.4, -0.2) is 33.6 Å². The van der Waals surface area contributed by atoms with Gasteiger partial charge in [-0.15, -0.1) is 0 Å². The van der Waals surface area contributed by atoms with Gasteiger partial charge >= 0.3 is 0 Å². The Morgan fingerprint density at radius 2 is 1.26 bits per heavy atom. The molecular weight excluding hydrogens is 558 g/mol. The number of anilines is 1. The molecular formula is C34H25N5O3S. The number of nitrogens with zero attached hydrogens (tertiary/aromatic N) is 3. The van der Waals surface area contributed by atoms with Gasteiger partial charge in [0.05, 0.1) is 17.1 Å². The van der Waals surface area contributed by atoms with Crippen LogP contribution in [0.4, 0.5) is 5.69 Å². The van der Waals surface area contributed by atoms with Crippen molar-refractivity contribution in [1.82, 2.24) is 15.3 Å². The molecule has 1 aliphatic rings. The Hall–Kier alpha value is -5.67. The summed E-state index contributed by atoms with van der Waals surface area (Å²) in [7, 11) is 0. The molecule has 1 fully saturated rings. The van der Waals surface area contributed by atoms with E-state index < -0.39 is 23.6 Å². The predicted molar refractivity (Wildman–Crippen MR) is 171 cm³/mol. The molecule has 5 aromatic rings. The number of hydrazone groups is 1. The van der Waals surface area contributed by atoms with Crippen molar-refractivity contribution in [2.75, 3.05) is 4.90 Å². The summed E-state index contributed by atoms with van der Waals surface area (Å²) < 4.78 is 2.15. The standard InChI is InChI=1S/C34H25N5O3S/c40-31(37-35-22-28-32(41)36-34(43)39(33(28)42)26-14-8-3-9-15-26)25-16-18-27(19-17-25)38-29(23-10-4-1-5-11-23)20-21-30(38)24-12-6-2-7-13-24/h1-22,28H,(H,37,40)(H,36,41,43)/b35-22-/t28-/m0/s1. The Labute approximate surface area is 253 Å². The predicted octanol–water partition coefficient (Wildman–Crippen LogP) is 5.59. The van der Waals surface area contributed by atoms with Crippen molar-refractivity contribution in [3.05, 3.63) is 133 Å². The molecule has 0 spiro atoms. The van der Waals surface area contributed by atoms with Gasteiger partial charge in [-0.3, -0.25) is 19.3 Å². The van der Waals surface area contributed by atoms with Crippen LogP contribution >= 0.6 is 12.2 Å². The topological polar surface area (TPSA) is 95.8 Å². The molecule has 0 aliphatic carbocycles. The van der Waals surface area contributed by atoms with E-state index in [4.69, 9.17) is 12.2 Å². The summed E-state index contributed by atoms with van der Waals surface area (Å²) in [6.45, 7) is 0. The molecule has 4 aromatic carbocycles. The number of thiocarbonyl (C=S) groups is 1. The highest BCUT2D eigenvalue weighted by Crippen LogP contribution is 2.32. The molecule has 210 valence electrons. The smallest absolute Gasteiger partial charge is 0.271 e. The second kappa shape index (κ2) is 12.1. The third-order valence-electron chi connectivity index (χ3n) is 7.01. The second-order valence-corrected chi connectivity index (χ2v) is 10.1. The summed E-state index contributed by atoms with van der Waals surface area (Å²) in [5.41, 5.74) is 8.34. The Balaban J connectivity index is 1.21. The maximum Gasteiger partial charge on any atom is 0.271 e. The number of hydrogen-bond acceptors (Lipinski definition) is 5. The number of para-hydroxylation sites is 1. The minimum Gasteiger partial charge on any atom is -0.309 e. The maximum atomic E-state index is 13.1. The zero-order valence-electron chi connectivity index (χ0n) is 22.8. The first-order chi connectivity index (χ1) is 21.0. The molecule has 0 radical (unpaired) electrons. The van der Waals surface area contributed by atoms with Crippen molar-refractivity contribution in [3.63, 3.8) is 0 Å². The minimum absolute atomic E-state index is 0.0106. The van der Waals surface area contributed by atoms with Crippen LogP contribution in [-0.2, 0) is 9.59 Å². The fourth-order valence-corrected chi connectivity index (χ4v) is 5.22. The molecule has 8 nitrogen and oxygen atoms in total. The zero-order chi connectivity index (χ0) is 29.8. The number of rotatable bonds is 7. The quantitative estimate of drug-likeness (QED) is 0.113. The molecule has 1 saturated heterocycles. The fourth-order valence-electron chi connectivity index (χ4n) is 4.92. The van der Waals surface area contributed by atoms with Crippen molar-refractivity contribution < 1.29 is 14.4 Å². The lowest BCUT2D eigenvalue weighted by atomic mass is 10.1. The normalized spacial score (nSPS) is 15.0. The van der Waals surface area contributed by atoms with Crippen molar-refractivity contribution in [2.24, 2.45) is 11.0 Å². The van der Waals surface area contributed by atoms with E-state index in [9.17, 15) is 14.4 Å². The fraction of sp³-hybridized carbons (Fsp3) is 0.0294. The third-order valence-corrected chi connectivity index (χ3v) is 7.30. The average Bonchev–Trinajstić information content (AvgIpc) is 3.49. The minimum atomic E-state index is -1.25. The van der Waals surface area contributed by atoms with Gasteiger partial charge in [-0.1, -0.05) is 78.9 Å². The highest BCUT2D eigenvalue weighted by molar-refractivity contribution is 7.80. The monoisotopic (exact) mass is 583 g/mol. The highest BCUT2D eigenvalue weighted by Gasteiger charge is 2.38. The van der Waals surface area contributed by atoms with E-state index in [1.165, 1.54) is 4.90 Å². The Morgan fingerprint density at radius 1 is 0.721 bits per heavy atom. The van der Waals surface area contributed by atoms with E-state index in [-0.39, 0.29) is 5.11 Å². The number of aromatic nitrogens is 1. The van der Waals surface area contributed by atoms with E-state index in [0.29, 0.717) is 11.3 Å². The third kappa shape index (κ3) is 5.61. The SMILES string of the molecule is O=C(N/N=C\[C@H]1C(=O)NC(=S)N(c2ccccc2)C1=O)c1ccc(-n2c(-c3ccccc3)ccc2-c2ccccc2)cc1. The van der Waals surface area contributed by atoms with Gasteiger partial charge in [-0.05, 0) is 71.9 Å². The number of amides is 3. The number of hydrogen-bond donors (Lipinski definition) is 2. The molecule has 1 atom stereocenters.